The summed E-state index contributed by atoms with van der Waals surface area (Å²) in [4.78, 5) is 23.3. The van der Waals surface area contributed by atoms with Crippen molar-refractivity contribution in [3.8, 4) is 6.07 Å². The fraction of sp³-hybridized carbons (Fsp3) is 0.143. The minimum absolute atomic E-state index is 0.229. The number of rotatable bonds is 3. The van der Waals surface area contributed by atoms with Crippen molar-refractivity contribution >= 4 is 27.3 Å². The zero-order valence-electron chi connectivity index (χ0n) is 10.9. The van der Waals surface area contributed by atoms with E-state index >= 15 is 0 Å². The standard InChI is InChI=1S/C14H9FN4OS/c1-7-12(18-6-17-7)13(20)9(5-16)14-19-10-4-8(15)2-3-11(10)21-14/h2-4,6,9H,1H3,(H,17,18). The Morgan fingerprint density at radius 2 is 2.33 bits per heavy atom. The summed E-state index contributed by atoms with van der Waals surface area (Å²) in [6.45, 7) is 1.71. The maximum Gasteiger partial charge on any atom is 0.207 e. The Morgan fingerprint density at radius 3 is 3.00 bits per heavy atom. The summed E-state index contributed by atoms with van der Waals surface area (Å²) in [7, 11) is 0. The number of fused-ring (bicyclic) bond motifs is 1. The van der Waals surface area contributed by atoms with Crippen LogP contribution in [-0.4, -0.2) is 20.7 Å². The largest absolute Gasteiger partial charge is 0.348 e. The molecule has 1 unspecified atom stereocenters. The Labute approximate surface area is 123 Å². The lowest BCUT2D eigenvalue weighted by molar-refractivity contribution is 0.0974. The Kier molecular flexibility index (Phi) is 3.23. The molecule has 0 aliphatic rings. The molecule has 0 fully saturated rings. The van der Waals surface area contributed by atoms with Crippen molar-refractivity contribution in [1.29, 1.82) is 5.26 Å². The number of nitriles is 1. The van der Waals surface area contributed by atoms with E-state index in [1.165, 1.54) is 29.8 Å². The SMILES string of the molecule is Cc1[nH]cnc1C(=O)C(C#N)c1nc2cc(F)ccc2s1. The lowest BCUT2D eigenvalue weighted by atomic mass is 10.0. The first-order valence-corrected chi connectivity index (χ1v) is 6.91. The van der Waals surface area contributed by atoms with Crippen molar-refractivity contribution in [2.24, 2.45) is 0 Å². The Morgan fingerprint density at radius 1 is 1.52 bits per heavy atom. The highest BCUT2D eigenvalue weighted by Crippen LogP contribution is 2.29. The van der Waals surface area contributed by atoms with Gasteiger partial charge in [-0.1, -0.05) is 0 Å². The molecule has 0 amide bonds. The van der Waals surface area contributed by atoms with E-state index in [0.717, 1.165) is 4.70 Å². The highest BCUT2D eigenvalue weighted by atomic mass is 32.1. The molecule has 104 valence electrons. The minimum Gasteiger partial charge on any atom is -0.348 e. The molecule has 0 saturated carbocycles. The molecule has 5 nitrogen and oxygen atoms in total. The molecule has 0 saturated heterocycles. The van der Waals surface area contributed by atoms with Crippen molar-refractivity contribution in [3.63, 3.8) is 0 Å². The molecule has 0 aliphatic carbocycles. The number of aryl methyl sites for hydroxylation is 1. The predicted molar refractivity (Wildman–Crippen MR) is 75.6 cm³/mol. The van der Waals surface area contributed by atoms with Crippen LogP contribution in [0.1, 0.15) is 27.1 Å². The van der Waals surface area contributed by atoms with Gasteiger partial charge in [-0.2, -0.15) is 5.26 Å². The van der Waals surface area contributed by atoms with E-state index in [9.17, 15) is 14.4 Å². The first-order valence-electron chi connectivity index (χ1n) is 6.10. The number of carbonyl (C=O) groups is 1. The predicted octanol–water partition coefficient (Wildman–Crippen LogP) is 2.96. The Bertz CT molecular complexity index is 877. The average Bonchev–Trinajstić information content (AvgIpc) is 3.05. The monoisotopic (exact) mass is 300 g/mol. The topological polar surface area (TPSA) is 82.4 Å². The molecule has 21 heavy (non-hydrogen) atoms. The number of benzene rings is 1. The molecule has 0 spiro atoms. The molecule has 0 radical (unpaired) electrons. The van der Waals surface area contributed by atoms with Crippen molar-refractivity contribution in [2.45, 2.75) is 12.8 Å². The maximum atomic E-state index is 13.2. The second-order valence-electron chi connectivity index (χ2n) is 4.47. The van der Waals surface area contributed by atoms with Gasteiger partial charge in [0.15, 0.2) is 5.92 Å². The molecule has 0 aliphatic heterocycles. The van der Waals surface area contributed by atoms with Crippen molar-refractivity contribution in [1.82, 2.24) is 15.0 Å². The number of Topliss-reactive ketones (excluding diaryl/α,β-unsaturated/α-hetero) is 1. The van der Waals surface area contributed by atoms with Crippen LogP contribution in [0.15, 0.2) is 24.5 Å². The van der Waals surface area contributed by atoms with Gasteiger partial charge in [0.25, 0.3) is 0 Å². The van der Waals surface area contributed by atoms with E-state index in [4.69, 9.17) is 0 Å². The van der Waals surface area contributed by atoms with Crippen LogP contribution in [0.3, 0.4) is 0 Å². The normalized spacial score (nSPS) is 12.2. The van der Waals surface area contributed by atoms with Gasteiger partial charge in [0.2, 0.25) is 5.78 Å². The van der Waals surface area contributed by atoms with Crippen LogP contribution in [0, 0.1) is 24.1 Å². The van der Waals surface area contributed by atoms with Crippen LogP contribution >= 0.6 is 11.3 Å². The second kappa shape index (κ2) is 5.07. The van der Waals surface area contributed by atoms with Crippen LogP contribution in [0.5, 0.6) is 0 Å². The van der Waals surface area contributed by atoms with Crippen LogP contribution in [-0.2, 0) is 0 Å². The maximum absolute atomic E-state index is 13.2. The van der Waals surface area contributed by atoms with Crippen LogP contribution < -0.4 is 0 Å². The van der Waals surface area contributed by atoms with Crippen molar-refractivity contribution in [2.75, 3.05) is 0 Å². The lowest BCUT2D eigenvalue weighted by Gasteiger charge is -2.02. The van der Waals surface area contributed by atoms with E-state index in [0.29, 0.717) is 16.2 Å². The van der Waals surface area contributed by atoms with E-state index in [-0.39, 0.29) is 5.69 Å². The average molecular weight is 300 g/mol. The molecular weight excluding hydrogens is 291 g/mol. The molecule has 2 aromatic heterocycles. The molecular formula is C14H9FN4OS. The summed E-state index contributed by atoms with van der Waals surface area (Å²) in [5, 5.41) is 9.66. The second-order valence-corrected chi connectivity index (χ2v) is 5.53. The van der Waals surface area contributed by atoms with Gasteiger partial charge in [-0.3, -0.25) is 4.79 Å². The highest BCUT2D eigenvalue weighted by molar-refractivity contribution is 7.18. The fourth-order valence-corrected chi connectivity index (χ4v) is 3.00. The van der Waals surface area contributed by atoms with Gasteiger partial charge < -0.3 is 4.98 Å². The molecule has 3 rings (SSSR count). The first-order chi connectivity index (χ1) is 10.1. The molecule has 3 aromatic rings. The number of nitrogens with zero attached hydrogens (tertiary/aromatic N) is 3. The van der Waals surface area contributed by atoms with Crippen LogP contribution in [0.4, 0.5) is 4.39 Å². The third-order valence-electron chi connectivity index (χ3n) is 3.07. The Hall–Kier alpha value is -2.59. The minimum atomic E-state index is -1.03. The van der Waals surface area contributed by atoms with Crippen LogP contribution in [0.2, 0.25) is 0 Å². The number of ketones is 1. The van der Waals surface area contributed by atoms with Gasteiger partial charge in [0.1, 0.15) is 16.5 Å². The van der Waals surface area contributed by atoms with E-state index in [1.54, 1.807) is 13.0 Å². The van der Waals surface area contributed by atoms with Crippen molar-refractivity contribution in [3.05, 3.63) is 46.7 Å². The number of hydrogen-bond acceptors (Lipinski definition) is 5. The van der Waals surface area contributed by atoms with Gasteiger partial charge in [-0.25, -0.2) is 14.4 Å². The summed E-state index contributed by atoms with van der Waals surface area (Å²) in [6.07, 6.45) is 1.41. The van der Waals surface area contributed by atoms with Gasteiger partial charge in [-0.15, -0.1) is 11.3 Å². The van der Waals surface area contributed by atoms with Crippen molar-refractivity contribution < 1.29 is 9.18 Å². The Balaban J connectivity index is 2.04. The number of thiazole rings is 1. The van der Waals surface area contributed by atoms with E-state index in [1.807, 2.05) is 6.07 Å². The number of aromatic nitrogens is 3. The number of hydrogen-bond donors (Lipinski definition) is 1. The number of H-pyrrole nitrogens is 1. The molecule has 0 bridgehead atoms. The first kappa shape index (κ1) is 13.4. The smallest absolute Gasteiger partial charge is 0.207 e. The molecule has 1 N–H and O–H groups in total. The zero-order valence-corrected chi connectivity index (χ0v) is 11.7. The van der Waals surface area contributed by atoms with Crippen LogP contribution in [0.25, 0.3) is 10.2 Å². The number of carbonyl (C=O) groups excluding carboxylic acids is 1. The number of aromatic amines is 1. The number of halogens is 1. The molecule has 7 heteroatoms. The third-order valence-corrected chi connectivity index (χ3v) is 4.17. The van der Waals surface area contributed by atoms with Gasteiger partial charge in [-0.05, 0) is 19.1 Å². The summed E-state index contributed by atoms with van der Waals surface area (Å²) in [5.74, 6) is -1.84. The molecule has 1 atom stereocenters. The summed E-state index contributed by atoms with van der Waals surface area (Å²) < 4.78 is 13.9. The third kappa shape index (κ3) is 2.30. The summed E-state index contributed by atoms with van der Waals surface area (Å²) in [6, 6.07) is 6.16. The molecule has 2 heterocycles. The quantitative estimate of drug-likeness (QED) is 0.754. The summed E-state index contributed by atoms with van der Waals surface area (Å²) in [5.41, 5.74) is 1.28. The van der Waals surface area contributed by atoms with Gasteiger partial charge in [0.05, 0.1) is 22.6 Å². The lowest BCUT2D eigenvalue weighted by Crippen LogP contribution is -2.12. The number of imidazole rings is 1. The highest BCUT2D eigenvalue weighted by Gasteiger charge is 2.28. The zero-order chi connectivity index (χ0) is 15.0. The van der Waals surface area contributed by atoms with Gasteiger partial charge in [0, 0.05) is 11.8 Å². The fourth-order valence-electron chi connectivity index (χ4n) is 2.01. The van der Waals surface area contributed by atoms with E-state index < -0.39 is 17.5 Å². The number of nitrogens with one attached hydrogen (secondary N) is 1. The molecule has 1 aromatic carbocycles. The van der Waals surface area contributed by atoms with Gasteiger partial charge >= 0.3 is 0 Å². The summed E-state index contributed by atoms with van der Waals surface area (Å²) >= 11 is 1.21. The van der Waals surface area contributed by atoms with E-state index in [2.05, 4.69) is 15.0 Å².